The average molecular weight is 313 g/mol. The number of hydrogen-bond donors (Lipinski definition) is 1. The molecule has 7 heteroatoms. The Morgan fingerprint density at radius 1 is 1.43 bits per heavy atom. The molecular formula is C14H21ClN4O2. The fourth-order valence-corrected chi connectivity index (χ4v) is 2.78. The Morgan fingerprint density at radius 3 is 3.10 bits per heavy atom. The number of halogens is 1. The van der Waals surface area contributed by atoms with E-state index < -0.39 is 0 Å². The van der Waals surface area contributed by atoms with Crippen LogP contribution in [-0.4, -0.2) is 34.7 Å². The van der Waals surface area contributed by atoms with Crippen LogP contribution in [-0.2, 0) is 6.54 Å². The van der Waals surface area contributed by atoms with Crippen molar-refractivity contribution in [1.29, 1.82) is 0 Å². The zero-order valence-electron chi connectivity index (χ0n) is 11.9. The molecule has 1 fully saturated rings. The molecule has 21 heavy (non-hydrogen) atoms. The Labute approximate surface area is 130 Å². The number of rotatable bonds is 5. The second-order valence-corrected chi connectivity index (χ2v) is 5.31. The molecular weight excluding hydrogens is 292 g/mol. The van der Waals surface area contributed by atoms with Gasteiger partial charge in [0, 0.05) is 6.54 Å². The summed E-state index contributed by atoms with van der Waals surface area (Å²) in [7, 11) is 0. The maximum Gasteiger partial charge on any atom is 0.241 e. The van der Waals surface area contributed by atoms with Gasteiger partial charge in [-0.05, 0) is 50.4 Å². The van der Waals surface area contributed by atoms with Crippen molar-refractivity contribution in [3.63, 3.8) is 0 Å². The van der Waals surface area contributed by atoms with Gasteiger partial charge in [-0.2, -0.15) is 4.98 Å². The standard InChI is InChI=1S/C14H20N4O2.ClH/c15-6-5-11-3-1-7-18(9-11)10-13-16-14(17-20-13)12-4-2-8-19-12;/h2,4,8,11H,1,3,5-7,9-10,15H2;1H. The van der Waals surface area contributed by atoms with E-state index in [1.807, 2.05) is 12.1 Å². The van der Waals surface area contributed by atoms with Crippen LogP contribution >= 0.6 is 12.4 Å². The first-order chi connectivity index (χ1) is 9.85. The van der Waals surface area contributed by atoms with Crippen LogP contribution in [0.15, 0.2) is 27.3 Å². The van der Waals surface area contributed by atoms with Crippen molar-refractivity contribution in [2.75, 3.05) is 19.6 Å². The molecule has 2 aromatic heterocycles. The maximum absolute atomic E-state index is 5.65. The smallest absolute Gasteiger partial charge is 0.241 e. The molecule has 2 N–H and O–H groups in total. The molecule has 0 saturated carbocycles. The normalized spacial score (nSPS) is 19.4. The van der Waals surface area contributed by atoms with E-state index in [4.69, 9.17) is 14.7 Å². The lowest BCUT2D eigenvalue weighted by Gasteiger charge is -2.31. The Kier molecular flexibility index (Phi) is 5.78. The molecule has 0 radical (unpaired) electrons. The lowest BCUT2D eigenvalue weighted by Crippen LogP contribution is -2.35. The molecule has 3 heterocycles. The highest BCUT2D eigenvalue weighted by atomic mass is 35.5. The summed E-state index contributed by atoms with van der Waals surface area (Å²) in [4.78, 5) is 6.74. The van der Waals surface area contributed by atoms with E-state index in [9.17, 15) is 0 Å². The van der Waals surface area contributed by atoms with Gasteiger partial charge in [0.25, 0.3) is 0 Å². The van der Waals surface area contributed by atoms with E-state index in [0.29, 0.717) is 29.9 Å². The zero-order chi connectivity index (χ0) is 13.8. The van der Waals surface area contributed by atoms with Crippen molar-refractivity contribution in [3.8, 4) is 11.6 Å². The number of hydrogen-bond acceptors (Lipinski definition) is 6. The third-order valence-electron chi connectivity index (χ3n) is 3.75. The minimum atomic E-state index is 0. The van der Waals surface area contributed by atoms with Gasteiger partial charge < -0.3 is 14.7 Å². The number of piperidine rings is 1. The molecule has 6 nitrogen and oxygen atoms in total. The molecule has 0 aromatic carbocycles. The van der Waals surface area contributed by atoms with Crippen LogP contribution in [0, 0.1) is 5.92 Å². The molecule has 0 amide bonds. The summed E-state index contributed by atoms with van der Waals surface area (Å²) in [5, 5.41) is 3.95. The lowest BCUT2D eigenvalue weighted by atomic mass is 9.95. The first kappa shape index (κ1) is 16.0. The van der Waals surface area contributed by atoms with Crippen molar-refractivity contribution in [2.24, 2.45) is 11.7 Å². The second kappa shape index (κ2) is 7.59. The Balaban J connectivity index is 0.00000161. The van der Waals surface area contributed by atoms with E-state index in [-0.39, 0.29) is 12.4 Å². The van der Waals surface area contributed by atoms with Gasteiger partial charge in [0.15, 0.2) is 5.76 Å². The van der Waals surface area contributed by atoms with Crippen LogP contribution in [0.2, 0.25) is 0 Å². The zero-order valence-corrected chi connectivity index (χ0v) is 12.7. The van der Waals surface area contributed by atoms with Crippen LogP contribution in [0.25, 0.3) is 11.6 Å². The maximum atomic E-state index is 5.65. The minimum absolute atomic E-state index is 0. The van der Waals surface area contributed by atoms with E-state index in [0.717, 1.165) is 26.1 Å². The Morgan fingerprint density at radius 2 is 2.33 bits per heavy atom. The predicted octanol–water partition coefficient (Wildman–Crippen LogP) is 2.31. The summed E-state index contributed by atoms with van der Waals surface area (Å²) in [6.45, 7) is 3.62. The van der Waals surface area contributed by atoms with Crippen molar-refractivity contribution in [1.82, 2.24) is 15.0 Å². The summed E-state index contributed by atoms with van der Waals surface area (Å²) in [5.74, 6) is 2.49. The van der Waals surface area contributed by atoms with Crippen molar-refractivity contribution < 1.29 is 8.94 Å². The summed E-state index contributed by atoms with van der Waals surface area (Å²) < 4.78 is 10.6. The molecule has 1 atom stereocenters. The van der Waals surface area contributed by atoms with Gasteiger partial charge in [-0.3, -0.25) is 4.90 Å². The van der Waals surface area contributed by atoms with E-state index in [1.54, 1.807) is 6.26 Å². The molecule has 1 saturated heterocycles. The SMILES string of the molecule is Cl.NCCC1CCCN(Cc2nc(-c3ccco3)no2)C1. The molecule has 0 spiro atoms. The van der Waals surface area contributed by atoms with Crippen molar-refractivity contribution in [3.05, 3.63) is 24.3 Å². The minimum Gasteiger partial charge on any atom is -0.461 e. The summed E-state index contributed by atoms with van der Waals surface area (Å²) in [6, 6.07) is 3.64. The number of likely N-dealkylation sites (tertiary alicyclic amines) is 1. The third kappa shape index (κ3) is 4.06. The first-order valence-electron chi connectivity index (χ1n) is 7.14. The number of furan rings is 1. The van der Waals surface area contributed by atoms with Gasteiger partial charge in [-0.15, -0.1) is 12.4 Å². The number of nitrogens with zero attached hydrogens (tertiary/aromatic N) is 3. The molecule has 2 aromatic rings. The van der Waals surface area contributed by atoms with Crippen molar-refractivity contribution in [2.45, 2.75) is 25.8 Å². The van der Waals surface area contributed by atoms with Gasteiger partial charge in [0.2, 0.25) is 11.7 Å². The van der Waals surface area contributed by atoms with Crippen molar-refractivity contribution >= 4 is 12.4 Å². The number of nitrogens with two attached hydrogens (primary N) is 1. The van der Waals surface area contributed by atoms with E-state index >= 15 is 0 Å². The molecule has 0 aliphatic carbocycles. The number of aromatic nitrogens is 2. The van der Waals surface area contributed by atoms with Gasteiger partial charge in [-0.25, -0.2) is 0 Å². The summed E-state index contributed by atoms with van der Waals surface area (Å²) in [5.41, 5.74) is 5.65. The van der Waals surface area contributed by atoms with Crippen LogP contribution in [0.3, 0.4) is 0 Å². The quantitative estimate of drug-likeness (QED) is 0.912. The fraction of sp³-hybridized carbons (Fsp3) is 0.571. The molecule has 1 aliphatic rings. The Hall–Kier alpha value is -1.37. The highest BCUT2D eigenvalue weighted by Gasteiger charge is 2.21. The summed E-state index contributed by atoms with van der Waals surface area (Å²) in [6.07, 6.45) is 5.18. The van der Waals surface area contributed by atoms with E-state index in [1.165, 1.54) is 12.8 Å². The highest BCUT2D eigenvalue weighted by molar-refractivity contribution is 5.85. The topological polar surface area (TPSA) is 81.3 Å². The monoisotopic (exact) mass is 312 g/mol. The average Bonchev–Trinajstić information content (AvgIpc) is 3.10. The highest BCUT2D eigenvalue weighted by Crippen LogP contribution is 2.21. The fourth-order valence-electron chi connectivity index (χ4n) is 2.78. The van der Waals surface area contributed by atoms with Gasteiger partial charge in [0.05, 0.1) is 12.8 Å². The van der Waals surface area contributed by atoms with Gasteiger partial charge >= 0.3 is 0 Å². The van der Waals surface area contributed by atoms with Crippen LogP contribution in [0.4, 0.5) is 0 Å². The second-order valence-electron chi connectivity index (χ2n) is 5.31. The molecule has 1 aliphatic heterocycles. The van der Waals surface area contributed by atoms with Crippen LogP contribution in [0.5, 0.6) is 0 Å². The molecule has 1 unspecified atom stereocenters. The molecule has 0 bridgehead atoms. The summed E-state index contributed by atoms with van der Waals surface area (Å²) >= 11 is 0. The Bertz CT molecular complexity index is 527. The van der Waals surface area contributed by atoms with E-state index in [2.05, 4.69) is 15.0 Å². The van der Waals surface area contributed by atoms with Gasteiger partial charge in [-0.1, -0.05) is 5.16 Å². The first-order valence-corrected chi connectivity index (χ1v) is 7.14. The largest absolute Gasteiger partial charge is 0.461 e. The van der Waals surface area contributed by atoms with Gasteiger partial charge in [0.1, 0.15) is 0 Å². The predicted molar refractivity (Wildman–Crippen MR) is 80.9 cm³/mol. The van der Waals surface area contributed by atoms with Crippen LogP contribution < -0.4 is 5.73 Å². The molecule has 116 valence electrons. The van der Waals surface area contributed by atoms with Crippen LogP contribution in [0.1, 0.15) is 25.2 Å². The third-order valence-corrected chi connectivity index (χ3v) is 3.75. The lowest BCUT2D eigenvalue weighted by molar-refractivity contribution is 0.146. The molecule has 3 rings (SSSR count).